The van der Waals surface area contributed by atoms with E-state index >= 15 is 0 Å². The summed E-state index contributed by atoms with van der Waals surface area (Å²) in [7, 11) is 0. The van der Waals surface area contributed by atoms with Crippen molar-refractivity contribution >= 4 is 11.4 Å². The Labute approximate surface area is 187 Å². The zero-order valence-corrected chi connectivity index (χ0v) is 18.8. The Morgan fingerprint density at radius 2 is 1.45 bits per heavy atom. The average molecular weight is 420 g/mol. The molecule has 5 rings (SSSR count). The summed E-state index contributed by atoms with van der Waals surface area (Å²) in [6.45, 7) is 7.54. The molecule has 0 amide bonds. The highest BCUT2D eigenvalue weighted by molar-refractivity contribution is 5.67. The maximum absolute atomic E-state index is 6.37. The zero-order chi connectivity index (χ0) is 20.9. The van der Waals surface area contributed by atoms with Crippen LogP contribution in [0.3, 0.4) is 0 Å². The molecular formula is C27H37N3O. The number of ether oxygens (including phenoxy) is 1. The van der Waals surface area contributed by atoms with E-state index in [-0.39, 0.29) is 0 Å². The van der Waals surface area contributed by atoms with Crippen LogP contribution >= 0.6 is 0 Å². The maximum Gasteiger partial charge on any atom is 0.143 e. The van der Waals surface area contributed by atoms with E-state index in [0.717, 1.165) is 24.9 Å². The zero-order valence-electron chi connectivity index (χ0n) is 18.8. The van der Waals surface area contributed by atoms with Gasteiger partial charge in [0.25, 0.3) is 0 Å². The normalized spacial score (nSPS) is 20.9. The van der Waals surface area contributed by atoms with Gasteiger partial charge in [-0.2, -0.15) is 0 Å². The quantitative estimate of drug-likeness (QED) is 0.631. The summed E-state index contributed by atoms with van der Waals surface area (Å²) < 4.78 is 6.37. The summed E-state index contributed by atoms with van der Waals surface area (Å²) >= 11 is 0. The van der Waals surface area contributed by atoms with Crippen LogP contribution in [-0.2, 0) is 6.61 Å². The fourth-order valence-corrected chi connectivity index (χ4v) is 5.56. The van der Waals surface area contributed by atoms with Gasteiger partial charge in [-0.1, -0.05) is 43.2 Å². The largest absolute Gasteiger partial charge is 0.487 e. The minimum atomic E-state index is 0.624. The molecule has 0 N–H and O–H groups in total. The van der Waals surface area contributed by atoms with E-state index in [2.05, 4.69) is 63.2 Å². The molecule has 4 heteroatoms. The first-order chi connectivity index (χ1) is 15.4. The molecule has 3 fully saturated rings. The van der Waals surface area contributed by atoms with Gasteiger partial charge in [0.05, 0.1) is 5.69 Å². The minimum absolute atomic E-state index is 0.624. The molecule has 2 aromatic carbocycles. The van der Waals surface area contributed by atoms with Crippen molar-refractivity contribution in [2.45, 2.75) is 57.6 Å². The van der Waals surface area contributed by atoms with Gasteiger partial charge in [-0.3, -0.25) is 4.90 Å². The molecule has 166 valence electrons. The Kier molecular flexibility index (Phi) is 6.64. The van der Waals surface area contributed by atoms with Crippen molar-refractivity contribution in [2.75, 3.05) is 49.1 Å². The molecule has 4 nitrogen and oxygen atoms in total. The van der Waals surface area contributed by atoms with Crippen molar-refractivity contribution in [2.24, 2.45) is 0 Å². The first-order valence-corrected chi connectivity index (χ1v) is 12.4. The Morgan fingerprint density at radius 3 is 2.19 bits per heavy atom. The van der Waals surface area contributed by atoms with Crippen molar-refractivity contribution in [1.82, 2.24) is 4.90 Å². The second kappa shape index (κ2) is 9.95. The predicted octanol–water partition coefficient (Wildman–Crippen LogP) is 5.32. The van der Waals surface area contributed by atoms with Gasteiger partial charge < -0.3 is 14.5 Å². The van der Waals surface area contributed by atoms with Crippen LogP contribution in [-0.4, -0.2) is 50.2 Å². The summed E-state index contributed by atoms with van der Waals surface area (Å²) in [5, 5.41) is 0. The van der Waals surface area contributed by atoms with Gasteiger partial charge in [-0.25, -0.2) is 0 Å². The van der Waals surface area contributed by atoms with Gasteiger partial charge in [0.15, 0.2) is 0 Å². The summed E-state index contributed by atoms with van der Waals surface area (Å²) in [6.07, 6.45) is 9.61. The summed E-state index contributed by atoms with van der Waals surface area (Å²) in [6, 6.07) is 18.2. The third-order valence-electron chi connectivity index (χ3n) is 7.40. The molecule has 2 aromatic rings. The van der Waals surface area contributed by atoms with E-state index in [1.165, 1.54) is 88.1 Å². The number of hydrogen-bond donors (Lipinski definition) is 0. The van der Waals surface area contributed by atoms with Crippen molar-refractivity contribution < 1.29 is 4.74 Å². The SMILES string of the molecule is c1ccc(COc2ccc(N3CCCCC3)cc2N2CCN(C3CCCC3)CC2)cc1. The van der Waals surface area contributed by atoms with Crippen LogP contribution in [0.1, 0.15) is 50.5 Å². The Bertz CT molecular complexity index is 820. The molecule has 2 heterocycles. The van der Waals surface area contributed by atoms with Crippen molar-refractivity contribution in [3.05, 3.63) is 54.1 Å². The number of anilines is 2. The number of piperidine rings is 1. The molecule has 31 heavy (non-hydrogen) atoms. The van der Waals surface area contributed by atoms with E-state index in [4.69, 9.17) is 4.74 Å². The van der Waals surface area contributed by atoms with Crippen LogP contribution in [0, 0.1) is 0 Å². The first-order valence-electron chi connectivity index (χ1n) is 12.4. The topological polar surface area (TPSA) is 19.0 Å². The monoisotopic (exact) mass is 419 g/mol. The van der Waals surface area contributed by atoms with Crippen molar-refractivity contribution in [1.29, 1.82) is 0 Å². The number of hydrogen-bond acceptors (Lipinski definition) is 4. The van der Waals surface area contributed by atoms with Crippen LogP contribution in [0.25, 0.3) is 0 Å². The molecule has 0 radical (unpaired) electrons. The molecular weight excluding hydrogens is 382 g/mol. The highest BCUT2D eigenvalue weighted by atomic mass is 16.5. The van der Waals surface area contributed by atoms with Crippen LogP contribution in [0.5, 0.6) is 5.75 Å². The fourth-order valence-electron chi connectivity index (χ4n) is 5.56. The maximum atomic E-state index is 6.37. The molecule has 0 spiro atoms. The number of benzene rings is 2. The van der Waals surface area contributed by atoms with Gasteiger partial charge >= 0.3 is 0 Å². The molecule has 1 saturated carbocycles. The van der Waals surface area contributed by atoms with Gasteiger partial charge in [0.2, 0.25) is 0 Å². The van der Waals surface area contributed by atoms with Crippen LogP contribution in [0.2, 0.25) is 0 Å². The fraction of sp³-hybridized carbons (Fsp3) is 0.556. The number of nitrogens with zero attached hydrogens (tertiary/aromatic N) is 3. The van der Waals surface area contributed by atoms with E-state index in [9.17, 15) is 0 Å². The summed E-state index contributed by atoms with van der Waals surface area (Å²) in [4.78, 5) is 7.87. The lowest BCUT2D eigenvalue weighted by Crippen LogP contribution is -2.49. The molecule has 0 unspecified atom stereocenters. The Hall–Kier alpha value is -2.20. The van der Waals surface area contributed by atoms with E-state index in [1.807, 2.05) is 0 Å². The third-order valence-corrected chi connectivity index (χ3v) is 7.40. The highest BCUT2D eigenvalue weighted by Gasteiger charge is 2.27. The van der Waals surface area contributed by atoms with Gasteiger partial charge in [0, 0.05) is 51.0 Å². The van der Waals surface area contributed by atoms with Crippen LogP contribution < -0.4 is 14.5 Å². The van der Waals surface area contributed by atoms with Crippen molar-refractivity contribution in [3.8, 4) is 5.75 Å². The lowest BCUT2D eigenvalue weighted by atomic mass is 10.1. The summed E-state index contributed by atoms with van der Waals surface area (Å²) in [5.74, 6) is 1.03. The Morgan fingerprint density at radius 1 is 0.710 bits per heavy atom. The molecule has 3 aliphatic rings. The molecule has 0 atom stereocenters. The predicted molar refractivity (Wildman–Crippen MR) is 129 cm³/mol. The molecule has 2 aliphatic heterocycles. The molecule has 0 aromatic heterocycles. The summed E-state index contributed by atoms with van der Waals surface area (Å²) in [5.41, 5.74) is 3.87. The highest BCUT2D eigenvalue weighted by Crippen LogP contribution is 2.36. The lowest BCUT2D eigenvalue weighted by Gasteiger charge is -2.40. The van der Waals surface area contributed by atoms with E-state index in [0.29, 0.717) is 6.61 Å². The first kappa shape index (κ1) is 20.7. The molecule has 2 saturated heterocycles. The number of piperazine rings is 1. The standard InChI is InChI=1S/C27H37N3O/c1-3-9-23(10-4-1)22-31-27-14-13-25(28-15-7-2-8-16-28)21-26(27)30-19-17-29(18-20-30)24-11-5-6-12-24/h1,3-4,9-10,13-14,21,24H,2,5-8,11-12,15-20,22H2. The average Bonchev–Trinajstić information content (AvgIpc) is 3.39. The van der Waals surface area contributed by atoms with Gasteiger partial charge in [-0.15, -0.1) is 0 Å². The van der Waals surface area contributed by atoms with Gasteiger partial charge in [-0.05, 0) is 55.9 Å². The van der Waals surface area contributed by atoms with Crippen LogP contribution in [0.15, 0.2) is 48.5 Å². The van der Waals surface area contributed by atoms with E-state index in [1.54, 1.807) is 0 Å². The van der Waals surface area contributed by atoms with E-state index < -0.39 is 0 Å². The second-order valence-electron chi connectivity index (χ2n) is 9.44. The van der Waals surface area contributed by atoms with Gasteiger partial charge in [0.1, 0.15) is 12.4 Å². The molecule has 1 aliphatic carbocycles. The second-order valence-corrected chi connectivity index (χ2v) is 9.44. The Balaban J connectivity index is 1.33. The molecule has 0 bridgehead atoms. The minimum Gasteiger partial charge on any atom is -0.487 e. The third kappa shape index (κ3) is 5.01. The van der Waals surface area contributed by atoms with Crippen LogP contribution in [0.4, 0.5) is 11.4 Å². The smallest absolute Gasteiger partial charge is 0.143 e. The number of rotatable bonds is 6. The van der Waals surface area contributed by atoms with Crippen molar-refractivity contribution in [3.63, 3.8) is 0 Å². The lowest BCUT2D eigenvalue weighted by molar-refractivity contribution is 0.187.